The molecule has 1 N–H and O–H groups in total. The third-order valence-corrected chi connectivity index (χ3v) is 4.27. The van der Waals surface area contributed by atoms with Crippen LogP contribution in [0.15, 0.2) is 46.9 Å². The van der Waals surface area contributed by atoms with Gasteiger partial charge in [-0.2, -0.15) is 0 Å². The molecule has 0 bridgehead atoms. The molecule has 4 heteroatoms. The summed E-state index contributed by atoms with van der Waals surface area (Å²) in [5.74, 6) is 0.889. The van der Waals surface area contributed by atoms with Crippen LogP contribution < -0.4 is 5.32 Å². The lowest BCUT2D eigenvalue weighted by Crippen LogP contribution is -2.46. The van der Waals surface area contributed by atoms with E-state index in [0.717, 1.165) is 42.9 Å². The number of benzene rings is 2. The lowest BCUT2D eigenvalue weighted by atomic mass is 10.1. The molecule has 0 radical (unpaired) electrons. The van der Waals surface area contributed by atoms with E-state index >= 15 is 0 Å². The van der Waals surface area contributed by atoms with Gasteiger partial charge in [-0.05, 0) is 22.9 Å². The average molecular weight is 294 g/mol. The first-order chi connectivity index (χ1) is 10.8. The minimum atomic E-state index is 0.143. The number of piperazine rings is 1. The molecular formula is C18H18N2O2. The van der Waals surface area contributed by atoms with Crippen molar-refractivity contribution in [1.82, 2.24) is 10.2 Å². The molecule has 1 aromatic heterocycles. The van der Waals surface area contributed by atoms with E-state index in [1.54, 1.807) is 0 Å². The van der Waals surface area contributed by atoms with E-state index in [2.05, 4.69) is 23.5 Å². The Morgan fingerprint density at radius 2 is 1.91 bits per heavy atom. The van der Waals surface area contributed by atoms with Gasteiger partial charge >= 0.3 is 0 Å². The van der Waals surface area contributed by atoms with Crippen LogP contribution in [0, 0.1) is 0 Å². The maximum atomic E-state index is 12.3. The van der Waals surface area contributed by atoms with Crippen LogP contribution in [0.5, 0.6) is 0 Å². The van der Waals surface area contributed by atoms with E-state index in [1.807, 2.05) is 29.2 Å². The molecule has 1 amide bonds. The van der Waals surface area contributed by atoms with Crippen LogP contribution in [0.25, 0.3) is 21.7 Å². The van der Waals surface area contributed by atoms with Crippen LogP contribution in [-0.4, -0.2) is 37.0 Å². The quantitative estimate of drug-likeness (QED) is 0.790. The summed E-state index contributed by atoms with van der Waals surface area (Å²) in [5.41, 5.74) is 0.849. The third kappa shape index (κ3) is 2.35. The normalized spacial score (nSPS) is 15.5. The molecular weight excluding hydrogens is 276 g/mol. The SMILES string of the molecule is O=C(Cc1cc2c(ccc3ccccc32)o1)N1CCNCC1. The average Bonchev–Trinajstić information content (AvgIpc) is 2.98. The van der Waals surface area contributed by atoms with Gasteiger partial charge in [0.25, 0.3) is 0 Å². The second-order valence-corrected chi connectivity index (χ2v) is 5.72. The van der Waals surface area contributed by atoms with E-state index in [4.69, 9.17) is 4.42 Å². The monoisotopic (exact) mass is 294 g/mol. The smallest absolute Gasteiger partial charge is 0.230 e. The predicted molar refractivity (Wildman–Crippen MR) is 86.9 cm³/mol. The Hall–Kier alpha value is -2.33. The van der Waals surface area contributed by atoms with Gasteiger partial charge in [-0.1, -0.05) is 30.3 Å². The summed E-state index contributed by atoms with van der Waals surface area (Å²) in [7, 11) is 0. The Morgan fingerprint density at radius 3 is 2.77 bits per heavy atom. The summed E-state index contributed by atoms with van der Waals surface area (Å²) >= 11 is 0. The number of hydrogen-bond donors (Lipinski definition) is 1. The molecule has 0 unspecified atom stereocenters. The van der Waals surface area contributed by atoms with Gasteiger partial charge < -0.3 is 14.6 Å². The van der Waals surface area contributed by atoms with Gasteiger partial charge in [-0.15, -0.1) is 0 Å². The number of rotatable bonds is 2. The van der Waals surface area contributed by atoms with Crippen LogP contribution >= 0.6 is 0 Å². The lowest BCUT2D eigenvalue weighted by Gasteiger charge is -2.27. The van der Waals surface area contributed by atoms with Crippen molar-refractivity contribution in [3.8, 4) is 0 Å². The molecule has 0 spiro atoms. The maximum Gasteiger partial charge on any atom is 0.230 e. The Labute approximate surface area is 128 Å². The van der Waals surface area contributed by atoms with Gasteiger partial charge in [0.2, 0.25) is 5.91 Å². The van der Waals surface area contributed by atoms with Gasteiger partial charge in [0.1, 0.15) is 11.3 Å². The molecule has 2 heterocycles. The first-order valence-corrected chi connectivity index (χ1v) is 7.70. The Kier molecular flexibility index (Phi) is 3.31. The summed E-state index contributed by atoms with van der Waals surface area (Å²) in [6.07, 6.45) is 0.336. The first-order valence-electron chi connectivity index (χ1n) is 7.70. The van der Waals surface area contributed by atoms with E-state index in [1.165, 1.54) is 10.8 Å². The molecule has 0 aliphatic carbocycles. The minimum Gasteiger partial charge on any atom is -0.461 e. The standard InChI is InChI=1S/C18H18N2O2/c21-18(20-9-7-19-8-10-20)12-14-11-16-15-4-2-1-3-13(15)5-6-17(16)22-14/h1-6,11,19H,7-10,12H2. The largest absolute Gasteiger partial charge is 0.461 e. The van der Waals surface area contributed by atoms with Crippen molar-refractivity contribution in [2.45, 2.75) is 6.42 Å². The van der Waals surface area contributed by atoms with E-state index in [0.29, 0.717) is 6.42 Å². The van der Waals surface area contributed by atoms with E-state index < -0.39 is 0 Å². The van der Waals surface area contributed by atoms with Gasteiger partial charge in [0, 0.05) is 31.6 Å². The number of fused-ring (bicyclic) bond motifs is 3. The molecule has 0 saturated carbocycles. The van der Waals surface area contributed by atoms with Gasteiger partial charge in [-0.3, -0.25) is 4.79 Å². The Balaban J connectivity index is 1.65. The molecule has 1 fully saturated rings. The second-order valence-electron chi connectivity index (χ2n) is 5.72. The Morgan fingerprint density at radius 1 is 1.09 bits per heavy atom. The number of nitrogens with one attached hydrogen (secondary N) is 1. The first kappa shape index (κ1) is 13.3. The fourth-order valence-electron chi connectivity index (χ4n) is 3.11. The number of nitrogens with zero attached hydrogens (tertiary/aromatic N) is 1. The molecule has 1 aliphatic rings. The van der Waals surface area contributed by atoms with Crippen molar-refractivity contribution in [2.24, 2.45) is 0 Å². The fourth-order valence-corrected chi connectivity index (χ4v) is 3.11. The summed E-state index contributed by atoms with van der Waals surface area (Å²) < 4.78 is 5.87. The maximum absolute atomic E-state index is 12.3. The molecule has 22 heavy (non-hydrogen) atoms. The van der Waals surface area contributed by atoms with Crippen LogP contribution in [0.3, 0.4) is 0 Å². The molecule has 0 atom stereocenters. The second kappa shape index (κ2) is 5.46. The summed E-state index contributed by atoms with van der Waals surface area (Å²) in [6, 6.07) is 14.3. The minimum absolute atomic E-state index is 0.143. The molecule has 4 rings (SSSR count). The van der Waals surface area contributed by atoms with E-state index in [-0.39, 0.29) is 5.91 Å². The van der Waals surface area contributed by atoms with Crippen LogP contribution in [0.2, 0.25) is 0 Å². The molecule has 112 valence electrons. The summed E-state index contributed by atoms with van der Waals surface area (Å²) in [4.78, 5) is 14.3. The fraction of sp³-hybridized carbons (Fsp3) is 0.278. The highest BCUT2D eigenvalue weighted by Gasteiger charge is 2.18. The number of carbonyl (C=O) groups excluding carboxylic acids is 1. The third-order valence-electron chi connectivity index (χ3n) is 4.27. The van der Waals surface area contributed by atoms with Crippen molar-refractivity contribution in [2.75, 3.05) is 26.2 Å². The summed E-state index contributed by atoms with van der Waals surface area (Å²) in [6.45, 7) is 3.30. The van der Waals surface area contributed by atoms with Crippen molar-refractivity contribution >= 4 is 27.6 Å². The zero-order chi connectivity index (χ0) is 14.9. The number of furan rings is 1. The molecule has 2 aromatic carbocycles. The van der Waals surface area contributed by atoms with Crippen molar-refractivity contribution in [3.63, 3.8) is 0 Å². The van der Waals surface area contributed by atoms with Crippen LogP contribution in [-0.2, 0) is 11.2 Å². The predicted octanol–water partition coefficient (Wildman–Crippen LogP) is 2.56. The lowest BCUT2D eigenvalue weighted by molar-refractivity contribution is -0.131. The van der Waals surface area contributed by atoms with Gasteiger partial charge in [-0.25, -0.2) is 0 Å². The van der Waals surface area contributed by atoms with Crippen LogP contribution in [0.1, 0.15) is 5.76 Å². The van der Waals surface area contributed by atoms with Crippen molar-refractivity contribution in [1.29, 1.82) is 0 Å². The highest BCUT2D eigenvalue weighted by Crippen LogP contribution is 2.28. The topological polar surface area (TPSA) is 45.5 Å². The van der Waals surface area contributed by atoms with Crippen molar-refractivity contribution < 1.29 is 9.21 Å². The Bertz CT molecular complexity index is 831. The van der Waals surface area contributed by atoms with Gasteiger partial charge in [0.15, 0.2) is 0 Å². The number of carbonyl (C=O) groups is 1. The van der Waals surface area contributed by atoms with Crippen LogP contribution in [0.4, 0.5) is 0 Å². The zero-order valence-electron chi connectivity index (χ0n) is 12.3. The number of amides is 1. The molecule has 1 saturated heterocycles. The van der Waals surface area contributed by atoms with E-state index in [9.17, 15) is 4.79 Å². The summed E-state index contributed by atoms with van der Waals surface area (Å²) in [5, 5.41) is 6.70. The number of hydrogen-bond acceptors (Lipinski definition) is 3. The molecule has 1 aliphatic heterocycles. The van der Waals surface area contributed by atoms with Crippen molar-refractivity contribution in [3.05, 3.63) is 48.2 Å². The molecule has 3 aromatic rings. The van der Waals surface area contributed by atoms with Gasteiger partial charge in [0.05, 0.1) is 6.42 Å². The zero-order valence-corrected chi connectivity index (χ0v) is 12.3. The molecule has 4 nitrogen and oxygen atoms in total. The highest BCUT2D eigenvalue weighted by molar-refractivity contribution is 6.06. The highest BCUT2D eigenvalue weighted by atomic mass is 16.3.